The van der Waals surface area contributed by atoms with E-state index in [2.05, 4.69) is 27.5 Å². The molecule has 0 aliphatic carbocycles. The van der Waals surface area contributed by atoms with Crippen molar-refractivity contribution in [2.75, 3.05) is 37.9 Å². The fourth-order valence-corrected chi connectivity index (χ4v) is 1.71. The van der Waals surface area contributed by atoms with Crippen LogP contribution < -0.4 is 10.6 Å². The molecule has 0 aromatic carbocycles. The number of hydrogen-bond donors (Lipinski definition) is 2. The number of aryl methyl sites for hydroxylation is 1. The minimum atomic E-state index is 0.812. The smallest absolute Gasteiger partial charge is 0.134 e. The molecule has 0 amide bonds. The lowest BCUT2D eigenvalue weighted by atomic mass is 10.2. The van der Waals surface area contributed by atoms with E-state index in [1.54, 1.807) is 7.11 Å². The van der Waals surface area contributed by atoms with Gasteiger partial charge in [0.15, 0.2) is 0 Å². The number of anilines is 2. The van der Waals surface area contributed by atoms with Gasteiger partial charge >= 0.3 is 0 Å². The van der Waals surface area contributed by atoms with E-state index in [9.17, 15) is 0 Å². The molecule has 1 aromatic rings. The van der Waals surface area contributed by atoms with Gasteiger partial charge in [-0.15, -0.1) is 0 Å². The fourth-order valence-electron chi connectivity index (χ4n) is 1.71. The summed E-state index contributed by atoms with van der Waals surface area (Å²) in [5.74, 6) is 2.70. The third-order valence-electron chi connectivity index (χ3n) is 2.81. The van der Waals surface area contributed by atoms with Crippen LogP contribution in [-0.2, 0) is 11.2 Å². The number of hydrogen-bond acceptors (Lipinski definition) is 5. The number of rotatable bonds is 8. The molecular weight excluding hydrogens is 228 g/mol. The molecule has 1 aromatic heterocycles. The maximum Gasteiger partial charge on any atom is 0.134 e. The number of nitrogens with one attached hydrogen (secondary N) is 2. The Balaban J connectivity index is 2.63. The first-order valence-corrected chi connectivity index (χ1v) is 6.51. The van der Waals surface area contributed by atoms with Gasteiger partial charge in [-0.05, 0) is 19.8 Å². The molecule has 102 valence electrons. The number of nitrogens with zero attached hydrogens (tertiary/aromatic N) is 2. The van der Waals surface area contributed by atoms with Crippen molar-refractivity contribution in [1.82, 2.24) is 9.97 Å². The third kappa shape index (κ3) is 4.14. The van der Waals surface area contributed by atoms with E-state index in [1.165, 1.54) is 0 Å². The zero-order chi connectivity index (χ0) is 13.4. The van der Waals surface area contributed by atoms with Gasteiger partial charge in [0.1, 0.15) is 17.5 Å². The van der Waals surface area contributed by atoms with Crippen molar-refractivity contribution >= 4 is 11.6 Å². The molecule has 0 bridgehead atoms. The van der Waals surface area contributed by atoms with Crippen LogP contribution in [0.15, 0.2) is 0 Å². The van der Waals surface area contributed by atoms with E-state index >= 15 is 0 Å². The predicted octanol–water partition coefficient (Wildman–Crippen LogP) is 2.23. The van der Waals surface area contributed by atoms with Crippen LogP contribution in [0, 0.1) is 6.92 Å². The van der Waals surface area contributed by atoms with E-state index in [0.717, 1.165) is 55.4 Å². The average Bonchev–Trinajstić information content (AvgIpc) is 2.40. The summed E-state index contributed by atoms with van der Waals surface area (Å²) >= 11 is 0. The Kier molecular flexibility index (Phi) is 6.43. The zero-order valence-corrected chi connectivity index (χ0v) is 11.8. The number of unbranched alkanes of at least 4 members (excludes halogenated alkanes) is 1. The lowest BCUT2D eigenvalue weighted by molar-refractivity contribution is 0.194. The Morgan fingerprint density at radius 2 is 1.89 bits per heavy atom. The van der Waals surface area contributed by atoms with Gasteiger partial charge in [0, 0.05) is 39.3 Å². The monoisotopic (exact) mass is 252 g/mol. The first-order chi connectivity index (χ1) is 8.72. The quantitative estimate of drug-likeness (QED) is 0.695. The molecule has 0 radical (unpaired) electrons. The summed E-state index contributed by atoms with van der Waals surface area (Å²) in [5, 5.41) is 6.48. The van der Waals surface area contributed by atoms with Crippen molar-refractivity contribution in [3.8, 4) is 0 Å². The summed E-state index contributed by atoms with van der Waals surface area (Å²) < 4.78 is 5.03. The molecule has 2 N–H and O–H groups in total. The minimum Gasteiger partial charge on any atom is -0.385 e. The molecule has 0 fully saturated rings. The van der Waals surface area contributed by atoms with Gasteiger partial charge in [0.05, 0.1) is 0 Å². The number of aromatic nitrogens is 2. The molecule has 0 aliphatic heterocycles. The predicted molar refractivity (Wildman–Crippen MR) is 75.3 cm³/mol. The Hall–Kier alpha value is -1.36. The van der Waals surface area contributed by atoms with Crippen molar-refractivity contribution in [3.05, 3.63) is 11.4 Å². The lowest BCUT2D eigenvalue weighted by Gasteiger charge is -2.13. The Morgan fingerprint density at radius 3 is 2.50 bits per heavy atom. The van der Waals surface area contributed by atoms with Gasteiger partial charge in [-0.25, -0.2) is 9.97 Å². The second kappa shape index (κ2) is 7.87. The maximum absolute atomic E-state index is 5.03. The topological polar surface area (TPSA) is 59.1 Å². The van der Waals surface area contributed by atoms with Crippen molar-refractivity contribution in [3.63, 3.8) is 0 Å². The standard InChI is InChI=1S/C13H24N4O/c1-5-11-16-12(14-3)10(2)13(17-11)15-8-6-7-9-18-4/h5-9H2,1-4H3,(H2,14,15,16,17). The van der Waals surface area contributed by atoms with E-state index in [0.29, 0.717) is 0 Å². The molecule has 1 rings (SSSR count). The van der Waals surface area contributed by atoms with Gasteiger partial charge < -0.3 is 15.4 Å². The highest BCUT2D eigenvalue weighted by atomic mass is 16.5. The highest BCUT2D eigenvalue weighted by Gasteiger charge is 2.08. The van der Waals surface area contributed by atoms with Crippen molar-refractivity contribution in [2.45, 2.75) is 33.1 Å². The summed E-state index contributed by atoms with van der Waals surface area (Å²) in [7, 11) is 3.62. The fraction of sp³-hybridized carbons (Fsp3) is 0.692. The van der Waals surface area contributed by atoms with Gasteiger partial charge in [-0.1, -0.05) is 6.92 Å². The second-order valence-electron chi connectivity index (χ2n) is 4.19. The largest absolute Gasteiger partial charge is 0.385 e. The maximum atomic E-state index is 5.03. The highest BCUT2D eigenvalue weighted by Crippen LogP contribution is 2.19. The summed E-state index contributed by atoms with van der Waals surface area (Å²) in [5.41, 5.74) is 1.07. The average molecular weight is 252 g/mol. The molecule has 0 aliphatic rings. The number of ether oxygens (including phenoxy) is 1. The Bertz CT molecular complexity index is 368. The van der Waals surface area contributed by atoms with Crippen LogP contribution in [0.5, 0.6) is 0 Å². The van der Waals surface area contributed by atoms with Gasteiger partial charge in [0.25, 0.3) is 0 Å². The Labute approximate surface area is 109 Å². The van der Waals surface area contributed by atoms with E-state index in [1.807, 2.05) is 14.0 Å². The summed E-state index contributed by atoms with van der Waals surface area (Å²) in [6.45, 7) is 5.81. The van der Waals surface area contributed by atoms with Crippen LogP contribution in [0.4, 0.5) is 11.6 Å². The molecular formula is C13H24N4O. The molecule has 0 saturated heterocycles. The van der Waals surface area contributed by atoms with Crippen LogP contribution >= 0.6 is 0 Å². The highest BCUT2D eigenvalue weighted by molar-refractivity contribution is 5.56. The van der Waals surface area contributed by atoms with Crippen LogP contribution in [-0.4, -0.2) is 37.3 Å². The summed E-state index contributed by atoms with van der Waals surface area (Å²) in [4.78, 5) is 8.97. The van der Waals surface area contributed by atoms with Crippen LogP contribution in [0.2, 0.25) is 0 Å². The SMILES string of the molecule is CCc1nc(NC)c(C)c(NCCCCOC)n1. The minimum absolute atomic E-state index is 0.812. The molecule has 0 spiro atoms. The number of methoxy groups -OCH3 is 1. The van der Waals surface area contributed by atoms with Crippen LogP contribution in [0.1, 0.15) is 31.2 Å². The lowest BCUT2D eigenvalue weighted by Crippen LogP contribution is -2.10. The second-order valence-corrected chi connectivity index (χ2v) is 4.19. The van der Waals surface area contributed by atoms with Crippen LogP contribution in [0.25, 0.3) is 0 Å². The molecule has 0 unspecified atom stereocenters. The molecule has 0 atom stereocenters. The van der Waals surface area contributed by atoms with Crippen LogP contribution in [0.3, 0.4) is 0 Å². The molecule has 5 nitrogen and oxygen atoms in total. The normalized spacial score (nSPS) is 10.4. The summed E-state index contributed by atoms with van der Waals surface area (Å²) in [6, 6.07) is 0. The van der Waals surface area contributed by atoms with E-state index in [4.69, 9.17) is 4.74 Å². The Morgan fingerprint density at radius 1 is 1.17 bits per heavy atom. The van der Waals surface area contributed by atoms with Gasteiger partial charge in [0.2, 0.25) is 0 Å². The first-order valence-electron chi connectivity index (χ1n) is 6.51. The third-order valence-corrected chi connectivity index (χ3v) is 2.81. The zero-order valence-electron chi connectivity index (χ0n) is 11.8. The van der Waals surface area contributed by atoms with E-state index < -0.39 is 0 Å². The molecule has 18 heavy (non-hydrogen) atoms. The van der Waals surface area contributed by atoms with Gasteiger partial charge in [-0.3, -0.25) is 0 Å². The van der Waals surface area contributed by atoms with Gasteiger partial charge in [-0.2, -0.15) is 0 Å². The first kappa shape index (κ1) is 14.7. The molecule has 1 heterocycles. The van der Waals surface area contributed by atoms with E-state index in [-0.39, 0.29) is 0 Å². The molecule has 0 saturated carbocycles. The molecule has 5 heteroatoms. The van der Waals surface area contributed by atoms with Crippen molar-refractivity contribution < 1.29 is 4.74 Å². The van der Waals surface area contributed by atoms with Crippen molar-refractivity contribution in [1.29, 1.82) is 0 Å². The summed E-state index contributed by atoms with van der Waals surface area (Å²) in [6.07, 6.45) is 2.98. The van der Waals surface area contributed by atoms with Crippen molar-refractivity contribution in [2.24, 2.45) is 0 Å².